The molecule has 4 rings (SSSR count). The topological polar surface area (TPSA) is 181 Å². The number of aliphatic hydroxyl groups excluding tert-OH is 2. The van der Waals surface area contributed by atoms with Gasteiger partial charge in [0.25, 0.3) is 0 Å². The van der Waals surface area contributed by atoms with Crippen molar-refractivity contribution in [2.75, 3.05) is 18.9 Å². The number of aliphatic hydroxyl groups is 2. The second kappa shape index (κ2) is 13.5. The van der Waals surface area contributed by atoms with E-state index < -0.39 is 37.8 Å². The minimum absolute atomic E-state index is 0.160. The molecule has 1 amide bonds. The summed E-state index contributed by atoms with van der Waals surface area (Å²) in [7, 11) is -3.92. The van der Waals surface area contributed by atoms with E-state index in [1.54, 1.807) is 0 Å². The normalized spacial score (nSPS) is 39.8. The summed E-state index contributed by atoms with van der Waals surface area (Å²) in [5, 5.41) is 43.0. The second-order valence-corrected chi connectivity index (χ2v) is 17.5. The van der Waals surface area contributed by atoms with Crippen molar-refractivity contribution in [1.29, 1.82) is 0 Å². The molecular formula is C32H54NO9P. The SMILES string of the molecule is C[C@H](CCNC(=O)CCP(=O)(O)CC(CCC(=O)O)C(=O)O)C1CCC2C3CCC4C[C@H](O)CCC4(C)C3C[C@H](O)C21C. The second-order valence-electron chi connectivity index (χ2n) is 15.0. The average molecular weight is 628 g/mol. The third-order valence-corrected chi connectivity index (χ3v) is 14.6. The Balaban J connectivity index is 1.27. The van der Waals surface area contributed by atoms with Gasteiger partial charge in [-0.15, -0.1) is 0 Å². The first-order valence-corrected chi connectivity index (χ1v) is 18.5. The minimum atomic E-state index is -3.92. The lowest BCUT2D eigenvalue weighted by Crippen LogP contribution is -2.58. The van der Waals surface area contributed by atoms with Gasteiger partial charge in [0, 0.05) is 31.7 Å². The van der Waals surface area contributed by atoms with E-state index in [0.717, 1.165) is 44.9 Å². The zero-order valence-corrected chi connectivity index (χ0v) is 27.0. The Hall–Kier alpha value is -1.48. The average Bonchev–Trinajstić information content (AvgIpc) is 3.29. The van der Waals surface area contributed by atoms with Gasteiger partial charge in [0.15, 0.2) is 0 Å². The van der Waals surface area contributed by atoms with Crippen LogP contribution in [0.2, 0.25) is 0 Å². The van der Waals surface area contributed by atoms with Gasteiger partial charge in [-0.1, -0.05) is 20.8 Å². The van der Waals surface area contributed by atoms with E-state index in [9.17, 15) is 39.2 Å². The number of amides is 1. The number of carbonyl (C=O) groups is 3. The molecule has 0 aromatic carbocycles. The molecule has 4 fully saturated rings. The van der Waals surface area contributed by atoms with Crippen molar-refractivity contribution >= 4 is 25.2 Å². The van der Waals surface area contributed by atoms with E-state index in [1.807, 2.05) is 0 Å². The van der Waals surface area contributed by atoms with Crippen LogP contribution >= 0.6 is 7.37 Å². The summed E-state index contributed by atoms with van der Waals surface area (Å²) in [5.41, 5.74) is 0.0385. The van der Waals surface area contributed by atoms with Gasteiger partial charge in [-0.05, 0) is 111 Å². The van der Waals surface area contributed by atoms with E-state index in [4.69, 9.17) is 5.11 Å². The van der Waals surface area contributed by atoms with E-state index in [0.29, 0.717) is 36.1 Å². The summed E-state index contributed by atoms with van der Waals surface area (Å²) in [6, 6.07) is 0. The van der Waals surface area contributed by atoms with Crippen LogP contribution in [0.15, 0.2) is 0 Å². The fourth-order valence-electron chi connectivity index (χ4n) is 10.2. The smallest absolute Gasteiger partial charge is 0.307 e. The lowest BCUT2D eigenvalue weighted by atomic mass is 9.43. The molecule has 11 heteroatoms. The number of aliphatic carboxylic acids is 2. The zero-order chi connectivity index (χ0) is 31.7. The lowest BCUT2D eigenvalue weighted by molar-refractivity contribution is -0.174. The molecule has 0 saturated heterocycles. The third kappa shape index (κ3) is 7.34. The lowest BCUT2D eigenvalue weighted by Gasteiger charge is -2.62. The number of carboxylic acids is 2. The molecular weight excluding hydrogens is 573 g/mol. The Morgan fingerprint density at radius 3 is 2.35 bits per heavy atom. The van der Waals surface area contributed by atoms with Gasteiger partial charge >= 0.3 is 11.9 Å². The van der Waals surface area contributed by atoms with Crippen LogP contribution in [0.25, 0.3) is 0 Å². The number of carbonyl (C=O) groups excluding carboxylic acids is 1. The van der Waals surface area contributed by atoms with Gasteiger partial charge in [0.1, 0.15) is 0 Å². The highest BCUT2D eigenvalue weighted by Crippen LogP contribution is 2.68. The summed E-state index contributed by atoms with van der Waals surface area (Å²) < 4.78 is 12.6. The molecule has 43 heavy (non-hydrogen) atoms. The summed E-state index contributed by atoms with van der Waals surface area (Å²) in [6.07, 6.45) is 6.64. The molecule has 0 aromatic heterocycles. The van der Waals surface area contributed by atoms with Crippen molar-refractivity contribution in [2.45, 2.75) is 110 Å². The van der Waals surface area contributed by atoms with Gasteiger partial charge in [-0.2, -0.15) is 0 Å². The van der Waals surface area contributed by atoms with Crippen molar-refractivity contribution < 1.29 is 44.3 Å². The monoisotopic (exact) mass is 627 g/mol. The van der Waals surface area contributed by atoms with Crippen LogP contribution in [0.4, 0.5) is 0 Å². The van der Waals surface area contributed by atoms with Crippen molar-refractivity contribution in [3.63, 3.8) is 0 Å². The standard InChI is InChI=1S/C32H54NO9P/c1-19(11-14-33-28(36)12-15-43(41,42)18-20(30(39)40)4-9-29(37)38)24-7-8-25-23-6-5-21-16-22(34)10-13-31(21,2)26(23)17-27(35)32(24,25)3/h19-27,34-35H,4-18H2,1-3H3,(H,33,36)(H,37,38)(H,39,40)(H,41,42)/t19-,20?,21?,22-,23?,24?,25?,26?,27+,31?,32?/m1/s1. The van der Waals surface area contributed by atoms with E-state index in [-0.39, 0.29) is 53.9 Å². The molecule has 9 unspecified atom stereocenters. The summed E-state index contributed by atoms with van der Waals surface area (Å²) in [5.74, 6) is -1.31. The maximum atomic E-state index is 12.6. The predicted molar refractivity (Wildman–Crippen MR) is 162 cm³/mol. The molecule has 246 valence electrons. The molecule has 0 aliphatic heterocycles. The molecule has 0 bridgehead atoms. The highest BCUT2D eigenvalue weighted by Gasteiger charge is 2.63. The van der Waals surface area contributed by atoms with E-state index in [1.165, 1.54) is 12.8 Å². The van der Waals surface area contributed by atoms with Crippen LogP contribution in [-0.4, -0.2) is 74.2 Å². The maximum absolute atomic E-state index is 12.6. The summed E-state index contributed by atoms with van der Waals surface area (Å²) in [4.78, 5) is 44.9. The molecule has 0 aromatic rings. The van der Waals surface area contributed by atoms with Gasteiger partial charge in [0.2, 0.25) is 13.3 Å². The van der Waals surface area contributed by atoms with Crippen LogP contribution in [0.3, 0.4) is 0 Å². The maximum Gasteiger partial charge on any atom is 0.307 e. The number of nitrogens with one attached hydrogen (secondary N) is 1. The number of hydrogen-bond acceptors (Lipinski definition) is 6. The van der Waals surface area contributed by atoms with Crippen LogP contribution in [0, 0.1) is 52.3 Å². The molecule has 0 spiro atoms. The Kier molecular flexibility index (Phi) is 10.8. The van der Waals surface area contributed by atoms with Crippen molar-refractivity contribution in [2.24, 2.45) is 52.3 Å². The van der Waals surface area contributed by atoms with Crippen molar-refractivity contribution in [3.05, 3.63) is 0 Å². The first-order chi connectivity index (χ1) is 20.1. The Morgan fingerprint density at radius 1 is 0.953 bits per heavy atom. The Labute approximate surface area is 255 Å². The van der Waals surface area contributed by atoms with E-state index >= 15 is 0 Å². The fraction of sp³-hybridized carbons (Fsp3) is 0.906. The van der Waals surface area contributed by atoms with Gasteiger partial charge < -0.3 is 30.6 Å². The largest absolute Gasteiger partial charge is 0.481 e. The minimum Gasteiger partial charge on any atom is -0.481 e. The molecule has 4 saturated carbocycles. The molecule has 6 N–H and O–H groups in total. The molecule has 10 nitrogen and oxygen atoms in total. The first kappa shape index (κ1) is 34.4. The van der Waals surface area contributed by atoms with Gasteiger partial charge in [-0.3, -0.25) is 18.9 Å². The number of carboxylic acid groups (broad SMARTS) is 2. The summed E-state index contributed by atoms with van der Waals surface area (Å²) >= 11 is 0. The Morgan fingerprint density at radius 2 is 1.67 bits per heavy atom. The zero-order valence-electron chi connectivity index (χ0n) is 26.1. The quantitative estimate of drug-likeness (QED) is 0.162. The van der Waals surface area contributed by atoms with Gasteiger partial charge in [0.05, 0.1) is 18.1 Å². The number of hydrogen-bond donors (Lipinski definition) is 6. The molecule has 12 atom stereocenters. The van der Waals surface area contributed by atoms with Crippen LogP contribution in [-0.2, 0) is 18.9 Å². The molecule has 4 aliphatic rings. The number of rotatable bonds is 13. The molecule has 0 heterocycles. The van der Waals surface area contributed by atoms with Crippen LogP contribution in [0.5, 0.6) is 0 Å². The van der Waals surface area contributed by atoms with Crippen LogP contribution in [0.1, 0.15) is 97.8 Å². The molecule has 0 radical (unpaired) electrons. The van der Waals surface area contributed by atoms with E-state index in [2.05, 4.69) is 26.1 Å². The first-order valence-electron chi connectivity index (χ1n) is 16.5. The third-order valence-electron chi connectivity index (χ3n) is 12.7. The number of fused-ring (bicyclic) bond motifs is 5. The highest BCUT2D eigenvalue weighted by atomic mass is 31.2. The predicted octanol–water partition coefficient (Wildman–Crippen LogP) is 4.35. The fourth-order valence-corrected chi connectivity index (χ4v) is 12.0. The van der Waals surface area contributed by atoms with Crippen molar-refractivity contribution in [1.82, 2.24) is 5.32 Å². The summed E-state index contributed by atoms with van der Waals surface area (Å²) in [6.45, 7) is 7.35. The molecule has 4 aliphatic carbocycles. The van der Waals surface area contributed by atoms with Gasteiger partial charge in [-0.25, -0.2) is 0 Å². The van der Waals surface area contributed by atoms with Crippen LogP contribution < -0.4 is 5.32 Å². The highest BCUT2D eigenvalue weighted by molar-refractivity contribution is 7.58. The van der Waals surface area contributed by atoms with Crippen molar-refractivity contribution in [3.8, 4) is 0 Å². The Bertz CT molecular complexity index is 1090.